The summed E-state index contributed by atoms with van der Waals surface area (Å²) in [7, 11) is 4.32. The normalized spacial score (nSPS) is 13.4. The first kappa shape index (κ1) is 26.5. The minimum absolute atomic E-state index is 0.0136. The summed E-state index contributed by atoms with van der Waals surface area (Å²) in [4.78, 5) is 18.7. The van der Waals surface area contributed by atoms with Crippen LogP contribution in [-0.4, -0.2) is 34.8 Å². The second-order valence-corrected chi connectivity index (χ2v) is 9.89. The molecule has 5 aromatic rings. The lowest BCUT2D eigenvalue weighted by atomic mass is 10.0. The number of rotatable bonds is 8. The van der Waals surface area contributed by atoms with Crippen LogP contribution in [0.5, 0.6) is 17.2 Å². The maximum Gasteiger partial charge on any atom is 0.268 e. The van der Waals surface area contributed by atoms with E-state index in [0.29, 0.717) is 40.6 Å². The van der Waals surface area contributed by atoms with Crippen LogP contribution in [0.1, 0.15) is 24.1 Å². The largest absolute Gasteiger partial charge is 0.493 e. The van der Waals surface area contributed by atoms with Crippen LogP contribution < -0.4 is 19.8 Å². The molecule has 0 saturated heterocycles. The Morgan fingerprint density at radius 2 is 1.71 bits per heavy atom. The van der Waals surface area contributed by atoms with Crippen molar-refractivity contribution in [1.29, 1.82) is 0 Å². The third kappa shape index (κ3) is 4.49. The van der Waals surface area contributed by atoms with Crippen LogP contribution in [0.2, 0.25) is 0 Å². The Kier molecular flexibility index (Phi) is 6.69. The molecule has 1 fully saturated rings. The van der Waals surface area contributed by atoms with Crippen LogP contribution in [-0.2, 0) is 7.05 Å². The van der Waals surface area contributed by atoms with E-state index in [1.165, 1.54) is 17.6 Å². The lowest BCUT2D eigenvalue weighted by molar-refractivity contribution is 0.280. The monoisotopic (exact) mass is 561 g/mol. The molecule has 0 aliphatic heterocycles. The molecule has 2 aromatic heterocycles. The van der Waals surface area contributed by atoms with Gasteiger partial charge in [0.05, 0.1) is 43.1 Å². The Morgan fingerprint density at radius 1 is 0.951 bits per heavy atom. The molecule has 10 heteroatoms. The Balaban J connectivity index is 1.61. The zero-order chi connectivity index (χ0) is 28.8. The average Bonchev–Trinajstić information content (AvgIpc) is 3.77. The molecule has 0 bridgehead atoms. The number of para-hydroxylation sites is 3. The highest BCUT2D eigenvalue weighted by atomic mass is 19.2. The van der Waals surface area contributed by atoms with E-state index in [-0.39, 0.29) is 17.0 Å². The summed E-state index contributed by atoms with van der Waals surface area (Å²) < 4.78 is 64.4. The van der Waals surface area contributed by atoms with Crippen LogP contribution in [0.4, 0.5) is 13.2 Å². The molecule has 1 aliphatic rings. The van der Waals surface area contributed by atoms with Crippen molar-refractivity contribution in [1.82, 2.24) is 14.0 Å². The van der Waals surface area contributed by atoms with E-state index in [9.17, 15) is 13.6 Å². The predicted molar refractivity (Wildman–Crippen MR) is 150 cm³/mol. The summed E-state index contributed by atoms with van der Waals surface area (Å²) in [5.41, 5.74) is 0.276. The summed E-state index contributed by atoms with van der Waals surface area (Å²) in [6.45, 7) is 0.531. The van der Waals surface area contributed by atoms with Gasteiger partial charge in [-0.25, -0.2) is 18.2 Å². The minimum atomic E-state index is -1.54. The number of hydrogen-bond donors (Lipinski definition) is 0. The van der Waals surface area contributed by atoms with Gasteiger partial charge in [0.15, 0.2) is 28.9 Å². The van der Waals surface area contributed by atoms with E-state index < -0.39 is 34.3 Å². The van der Waals surface area contributed by atoms with Gasteiger partial charge < -0.3 is 18.8 Å². The minimum Gasteiger partial charge on any atom is -0.493 e. The number of nitrogens with zero attached hydrogens (tertiary/aromatic N) is 3. The molecule has 0 unspecified atom stereocenters. The Bertz CT molecular complexity index is 1910. The SMILES string of the molecule is COc1cccc(C=Cc2nc3n(C)c4ccccc4n3c(=O)c2-c2cc(F)c(OC)c(F)c2F)c1OCC1CC1. The van der Waals surface area contributed by atoms with Gasteiger partial charge in [-0.3, -0.25) is 4.79 Å². The number of aromatic nitrogens is 3. The molecule has 6 rings (SSSR count). The fourth-order valence-corrected chi connectivity index (χ4v) is 4.97. The molecule has 0 atom stereocenters. The van der Waals surface area contributed by atoms with Gasteiger partial charge in [-0.15, -0.1) is 0 Å². The summed E-state index contributed by atoms with van der Waals surface area (Å²) in [6, 6.07) is 13.2. The summed E-state index contributed by atoms with van der Waals surface area (Å²) in [5, 5.41) is 0. The number of methoxy groups -OCH3 is 2. The fraction of sp³-hybridized carbons (Fsp3) is 0.226. The summed E-state index contributed by atoms with van der Waals surface area (Å²) >= 11 is 0. The van der Waals surface area contributed by atoms with E-state index >= 15 is 4.39 Å². The van der Waals surface area contributed by atoms with Gasteiger partial charge in [0, 0.05) is 18.2 Å². The van der Waals surface area contributed by atoms with Gasteiger partial charge >= 0.3 is 0 Å². The molecule has 0 radical (unpaired) electrons. The summed E-state index contributed by atoms with van der Waals surface area (Å²) in [6.07, 6.45) is 5.36. The number of benzene rings is 3. The van der Waals surface area contributed by atoms with Crippen molar-refractivity contribution >= 4 is 29.0 Å². The Morgan fingerprint density at radius 3 is 2.41 bits per heavy atom. The maximum absolute atomic E-state index is 15.4. The van der Waals surface area contributed by atoms with Gasteiger partial charge in [0.2, 0.25) is 11.6 Å². The van der Waals surface area contributed by atoms with Crippen LogP contribution in [0.25, 0.3) is 40.1 Å². The van der Waals surface area contributed by atoms with Crippen molar-refractivity contribution in [3.8, 4) is 28.4 Å². The molecule has 2 heterocycles. The third-order valence-electron chi connectivity index (χ3n) is 7.28. The highest BCUT2D eigenvalue weighted by Crippen LogP contribution is 2.37. The van der Waals surface area contributed by atoms with Gasteiger partial charge in [-0.1, -0.05) is 24.3 Å². The first-order valence-electron chi connectivity index (χ1n) is 13.0. The molecule has 210 valence electrons. The van der Waals surface area contributed by atoms with Gasteiger partial charge in [0.1, 0.15) is 0 Å². The van der Waals surface area contributed by atoms with Crippen molar-refractivity contribution in [2.24, 2.45) is 13.0 Å². The second kappa shape index (κ2) is 10.3. The fourth-order valence-electron chi connectivity index (χ4n) is 4.97. The topological polar surface area (TPSA) is 67.0 Å². The molecular weight excluding hydrogens is 535 g/mol. The number of aryl methyl sites for hydroxylation is 1. The van der Waals surface area contributed by atoms with Crippen LogP contribution >= 0.6 is 0 Å². The number of halogens is 3. The number of ether oxygens (including phenoxy) is 3. The lowest BCUT2D eigenvalue weighted by Crippen LogP contribution is -2.20. The van der Waals surface area contributed by atoms with E-state index in [0.717, 1.165) is 26.0 Å². The molecule has 1 aliphatic carbocycles. The summed E-state index contributed by atoms with van der Waals surface area (Å²) in [5.74, 6) is -3.20. The predicted octanol–water partition coefficient (Wildman–Crippen LogP) is 6.25. The molecule has 0 amide bonds. The molecular formula is C31H26F3N3O4. The van der Waals surface area contributed by atoms with E-state index in [1.807, 2.05) is 12.1 Å². The van der Waals surface area contributed by atoms with Crippen molar-refractivity contribution in [3.63, 3.8) is 0 Å². The number of fused-ring (bicyclic) bond motifs is 3. The smallest absolute Gasteiger partial charge is 0.268 e. The molecule has 1 saturated carbocycles. The van der Waals surface area contributed by atoms with Gasteiger partial charge in [-0.2, -0.15) is 4.39 Å². The zero-order valence-corrected chi connectivity index (χ0v) is 22.6. The van der Waals surface area contributed by atoms with Crippen LogP contribution in [0.15, 0.2) is 53.3 Å². The molecule has 41 heavy (non-hydrogen) atoms. The molecule has 0 N–H and O–H groups in total. The molecule has 7 nitrogen and oxygen atoms in total. The first-order valence-corrected chi connectivity index (χ1v) is 13.0. The highest BCUT2D eigenvalue weighted by Gasteiger charge is 2.27. The number of imidazole rings is 1. The standard InChI is InChI=1S/C31H26F3N3O4/c1-36-22-8-4-5-9-23(22)37-30(38)25(19-15-20(32)29(40-3)27(34)26(19)33)21(35-31(36)37)14-13-18-7-6-10-24(39-2)28(18)41-16-17-11-12-17/h4-10,13-15,17H,11-12,16H2,1-3H3. The van der Waals surface area contributed by atoms with Crippen LogP contribution in [0.3, 0.4) is 0 Å². The van der Waals surface area contributed by atoms with Crippen molar-refractivity contribution < 1.29 is 27.4 Å². The molecule has 3 aromatic carbocycles. The Hall–Kier alpha value is -4.73. The maximum atomic E-state index is 15.4. The zero-order valence-electron chi connectivity index (χ0n) is 22.6. The van der Waals surface area contributed by atoms with Crippen LogP contribution in [0, 0.1) is 23.4 Å². The highest BCUT2D eigenvalue weighted by molar-refractivity contribution is 5.85. The lowest BCUT2D eigenvalue weighted by Gasteiger charge is -2.14. The van der Waals surface area contributed by atoms with Crippen molar-refractivity contribution in [2.75, 3.05) is 20.8 Å². The quantitative estimate of drug-likeness (QED) is 0.210. The second-order valence-electron chi connectivity index (χ2n) is 9.89. The van der Waals surface area contributed by atoms with Gasteiger partial charge in [-0.05, 0) is 55.2 Å². The van der Waals surface area contributed by atoms with Crippen molar-refractivity contribution in [2.45, 2.75) is 12.8 Å². The van der Waals surface area contributed by atoms with Crippen molar-refractivity contribution in [3.05, 3.63) is 87.6 Å². The number of hydrogen-bond acceptors (Lipinski definition) is 5. The van der Waals surface area contributed by atoms with Gasteiger partial charge in [0.25, 0.3) is 5.56 Å². The van der Waals surface area contributed by atoms with E-state index in [1.54, 1.807) is 48.0 Å². The Labute approximate surface area is 233 Å². The first-order chi connectivity index (χ1) is 19.8. The average molecular weight is 562 g/mol. The molecule has 0 spiro atoms. The van der Waals surface area contributed by atoms with E-state index in [2.05, 4.69) is 4.98 Å². The van der Waals surface area contributed by atoms with E-state index in [4.69, 9.17) is 14.2 Å². The third-order valence-corrected chi connectivity index (χ3v) is 7.28.